The van der Waals surface area contributed by atoms with E-state index >= 15 is 0 Å². The predicted molar refractivity (Wildman–Crippen MR) is 68.3 cm³/mol. The van der Waals surface area contributed by atoms with Crippen LogP contribution in [0, 0.1) is 6.92 Å². The van der Waals surface area contributed by atoms with E-state index in [0.717, 1.165) is 0 Å². The molecule has 0 bridgehead atoms. The summed E-state index contributed by atoms with van der Waals surface area (Å²) < 4.78 is 28.2. The van der Waals surface area contributed by atoms with Crippen molar-refractivity contribution in [2.24, 2.45) is 0 Å². The number of hydrogen-bond acceptors (Lipinski definition) is 3. The highest BCUT2D eigenvalue weighted by Crippen LogP contribution is 2.21. The summed E-state index contributed by atoms with van der Waals surface area (Å²) in [6.07, 6.45) is 0. The first kappa shape index (κ1) is 13.8. The van der Waals surface area contributed by atoms with Crippen LogP contribution in [0.15, 0.2) is 18.2 Å². The van der Waals surface area contributed by atoms with Gasteiger partial charge in [0.1, 0.15) is 5.75 Å². The summed E-state index contributed by atoms with van der Waals surface area (Å²) in [5.74, 6) is 0.0564. The first-order chi connectivity index (χ1) is 7.59. The molecule has 3 N–H and O–H groups in total. The molecule has 0 aliphatic rings. The molecule has 0 fully saturated rings. The smallest absolute Gasteiger partial charge is 0.299 e. The van der Waals surface area contributed by atoms with Gasteiger partial charge in [-0.3, -0.25) is 4.72 Å². The fourth-order valence-electron chi connectivity index (χ4n) is 1.26. The zero-order valence-corrected chi connectivity index (χ0v) is 11.2. The molecule has 1 aromatic rings. The third-order valence-corrected chi connectivity index (χ3v) is 3.29. The average molecular weight is 258 g/mol. The summed E-state index contributed by atoms with van der Waals surface area (Å²) in [6.45, 7) is 6.98. The van der Waals surface area contributed by atoms with Gasteiger partial charge < -0.3 is 5.11 Å². The molecule has 0 amide bonds. The fourth-order valence-corrected chi connectivity index (χ4v) is 2.55. The second-order valence-electron chi connectivity index (χ2n) is 4.96. The number of benzene rings is 1. The Labute approximate surface area is 102 Å². The van der Waals surface area contributed by atoms with Gasteiger partial charge in [0.05, 0.1) is 5.69 Å². The maximum absolute atomic E-state index is 11.7. The first-order valence-electron chi connectivity index (χ1n) is 5.20. The average Bonchev–Trinajstić information content (AvgIpc) is 2.06. The minimum absolute atomic E-state index is 0.0564. The monoisotopic (exact) mass is 258 g/mol. The van der Waals surface area contributed by atoms with Crippen molar-refractivity contribution in [1.82, 2.24) is 4.72 Å². The van der Waals surface area contributed by atoms with Gasteiger partial charge in [-0.2, -0.15) is 13.1 Å². The van der Waals surface area contributed by atoms with Crippen LogP contribution in [0.2, 0.25) is 0 Å². The van der Waals surface area contributed by atoms with Crippen molar-refractivity contribution in [3.8, 4) is 5.75 Å². The molecule has 0 saturated heterocycles. The Morgan fingerprint density at radius 2 is 1.82 bits per heavy atom. The summed E-state index contributed by atoms with van der Waals surface area (Å²) in [5, 5.41) is 9.47. The van der Waals surface area contributed by atoms with Crippen LogP contribution in [0.5, 0.6) is 5.75 Å². The highest BCUT2D eigenvalue weighted by Gasteiger charge is 2.19. The summed E-state index contributed by atoms with van der Waals surface area (Å²) in [7, 11) is -3.63. The van der Waals surface area contributed by atoms with Gasteiger partial charge in [0.25, 0.3) is 10.2 Å². The zero-order valence-electron chi connectivity index (χ0n) is 10.4. The molecule has 0 atom stereocenters. The Morgan fingerprint density at radius 1 is 1.24 bits per heavy atom. The Hall–Kier alpha value is -1.27. The summed E-state index contributed by atoms with van der Waals surface area (Å²) >= 11 is 0. The maximum atomic E-state index is 11.7. The minimum atomic E-state index is -3.63. The van der Waals surface area contributed by atoms with Gasteiger partial charge in [0.15, 0.2) is 0 Å². The van der Waals surface area contributed by atoms with Gasteiger partial charge in [0, 0.05) is 11.6 Å². The Kier molecular flexibility index (Phi) is 3.68. The largest absolute Gasteiger partial charge is 0.508 e. The standard InChI is InChI=1S/C11H18N2O3S/c1-8-5-6-9(7-10(8)14)12-17(15,16)13-11(2,3)4/h5-7,12-14H,1-4H3. The van der Waals surface area contributed by atoms with E-state index in [1.54, 1.807) is 39.8 Å². The van der Waals surface area contributed by atoms with Crippen LogP contribution >= 0.6 is 0 Å². The van der Waals surface area contributed by atoms with Crippen molar-refractivity contribution in [2.75, 3.05) is 4.72 Å². The number of anilines is 1. The first-order valence-corrected chi connectivity index (χ1v) is 6.69. The molecule has 17 heavy (non-hydrogen) atoms. The van der Waals surface area contributed by atoms with Gasteiger partial charge in [-0.05, 0) is 39.3 Å². The van der Waals surface area contributed by atoms with Crippen LogP contribution in [-0.4, -0.2) is 19.1 Å². The molecule has 6 heteroatoms. The van der Waals surface area contributed by atoms with Crippen LogP contribution in [0.25, 0.3) is 0 Å². The van der Waals surface area contributed by atoms with Gasteiger partial charge in [-0.1, -0.05) is 6.07 Å². The lowest BCUT2D eigenvalue weighted by molar-refractivity contribution is 0.471. The molecule has 1 aromatic carbocycles. The lowest BCUT2D eigenvalue weighted by atomic mass is 10.1. The lowest BCUT2D eigenvalue weighted by Crippen LogP contribution is -2.43. The van der Waals surface area contributed by atoms with Crippen LogP contribution in [0.4, 0.5) is 5.69 Å². The highest BCUT2D eigenvalue weighted by molar-refractivity contribution is 7.90. The molecule has 0 aliphatic heterocycles. The third kappa shape index (κ3) is 4.62. The van der Waals surface area contributed by atoms with Crippen molar-refractivity contribution >= 4 is 15.9 Å². The van der Waals surface area contributed by atoms with Gasteiger partial charge in [-0.15, -0.1) is 0 Å². The summed E-state index contributed by atoms with van der Waals surface area (Å²) in [6, 6.07) is 4.61. The fraction of sp³-hybridized carbons (Fsp3) is 0.455. The van der Waals surface area contributed by atoms with Gasteiger partial charge >= 0.3 is 0 Å². The summed E-state index contributed by atoms with van der Waals surface area (Å²) in [5.41, 5.74) is 0.458. The Balaban J connectivity index is 2.87. The molecule has 0 radical (unpaired) electrons. The van der Waals surface area contributed by atoms with Crippen molar-refractivity contribution in [3.05, 3.63) is 23.8 Å². The molecular weight excluding hydrogens is 240 g/mol. The SMILES string of the molecule is Cc1ccc(NS(=O)(=O)NC(C)(C)C)cc1O. The Bertz CT molecular complexity index is 504. The summed E-state index contributed by atoms with van der Waals surface area (Å²) in [4.78, 5) is 0. The molecule has 5 nitrogen and oxygen atoms in total. The van der Waals surface area contributed by atoms with E-state index < -0.39 is 15.7 Å². The third-order valence-electron chi connectivity index (χ3n) is 1.90. The van der Waals surface area contributed by atoms with E-state index in [4.69, 9.17) is 0 Å². The van der Waals surface area contributed by atoms with Crippen molar-refractivity contribution in [3.63, 3.8) is 0 Å². The minimum Gasteiger partial charge on any atom is -0.508 e. The number of phenols is 1. The molecule has 1 rings (SSSR count). The molecule has 0 saturated carbocycles. The number of rotatable bonds is 3. The van der Waals surface area contributed by atoms with Crippen LogP contribution in [0.1, 0.15) is 26.3 Å². The van der Waals surface area contributed by atoms with Crippen LogP contribution < -0.4 is 9.44 Å². The van der Waals surface area contributed by atoms with Crippen molar-refractivity contribution in [2.45, 2.75) is 33.2 Å². The van der Waals surface area contributed by atoms with E-state index in [1.807, 2.05) is 0 Å². The predicted octanol–water partition coefficient (Wildman–Crippen LogP) is 1.75. The second kappa shape index (κ2) is 4.54. The van der Waals surface area contributed by atoms with E-state index in [1.165, 1.54) is 6.07 Å². The van der Waals surface area contributed by atoms with E-state index in [2.05, 4.69) is 9.44 Å². The van der Waals surface area contributed by atoms with Gasteiger partial charge in [0.2, 0.25) is 0 Å². The molecule has 0 unspecified atom stereocenters. The maximum Gasteiger partial charge on any atom is 0.299 e. The molecular formula is C11H18N2O3S. The lowest BCUT2D eigenvalue weighted by Gasteiger charge is -2.21. The topological polar surface area (TPSA) is 78.4 Å². The van der Waals surface area contributed by atoms with Crippen molar-refractivity contribution < 1.29 is 13.5 Å². The number of aromatic hydroxyl groups is 1. The van der Waals surface area contributed by atoms with E-state index in [9.17, 15) is 13.5 Å². The van der Waals surface area contributed by atoms with Crippen LogP contribution in [-0.2, 0) is 10.2 Å². The molecule has 0 spiro atoms. The normalized spacial score (nSPS) is 12.5. The molecule has 96 valence electrons. The van der Waals surface area contributed by atoms with Crippen LogP contribution in [0.3, 0.4) is 0 Å². The van der Waals surface area contributed by atoms with E-state index in [0.29, 0.717) is 11.3 Å². The molecule has 0 aromatic heterocycles. The number of aryl methyl sites for hydroxylation is 1. The number of phenolic OH excluding ortho intramolecular Hbond substituents is 1. The zero-order chi connectivity index (χ0) is 13.3. The van der Waals surface area contributed by atoms with E-state index in [-0.39, 0.29) is 5.75 Å². The van der Waals surface area contributed by atoms with Gasteiger partial charge in [-0.25, -0.2) is 0 Å². The Morgan fingerprint density at radius 3 is 2.29 bits per heavy atom. The molecule has 0 heterocycles. The number of hydrogen-bond donors (Lipinski definition) is 3. The van der Waals surface area contributed by atoms with Crippen molar-refractivity contribution in [1.29, 1.82) is 0 Å². The molecule has 0 aliphatic carbocycles. The quantitative estimate of drug-likeness (QED) is 0.772. The number of nitrogens with one attached hydrogen (secondary N) is 2. The highest BCUT2D eigenvalue weighted by atomic mass is 32.2. The second-order valence-corrected chi connectivity index (χ2v) is 6.37.